The molecule has 0 saturated carbocycles. The molecule has 3 aromatic carbocycles. The fourth-order valence-electron chi connectivity index (χ4n) is 2.03. The SMILES string of the molecule is COc1cc(C=O)ccc1O.c1ccc(-c2ccccc2)cc1. The van der Waals surface area contributed by atoms with Gasteiger partial charge in [-0.05, 0) is 29.3 Å². The molecule has 3 heteroatoms. The Morgan fingerprint density at radius 1 is 0.826 bits per heavy atom. The molecule has 0 fully saturated rings. The van der Waals surface area contributed by atoms with Crippen LogP contribution in [0.2, 0.25) is 0 Å². The van der Waals surface area contributed by atoms with Gasteiger partial charge in [0.05, 0.1) is 7.11 Å². The number of ether oxygens (including phenoxy) is 1. The Kier molecular flexibility index (Phi) is 5.95. The number of phenols is 1. The zero-order valence-electron chi connectivity index (χ0n) is 12.8. The van der Waals surface area contributed by atoms with Crippen LogP contribution in [0.1, 0.15) is 10.4 Å². The van der Waals surface area contributed by atoms with Crippen molar-refractivity contribution in [2.24, 2.45) is 0 Å². The van der Waals surface area contributed by atoms with E-state index in [9.17, 15) is 4.79 Å². The molecule has 0 aromatic heterocycles. The summed E-state index contributed by atoms with van der Waals surface area (Å²) in [6.07, 6.45) is 0.696. The molecular weight excluding hydrogens is 288 g/mol. The van der Waals surface area contributed by atoms with Crippen molar-refractivity contribution in [2.75, 3.05) is 7.11 Å². The van der Waals surface area contributed by atoms with Gasteiger partial charge in [0.1, 0.15) is 6.29 Å². The van der Waals surface area contributed by atoms with Crippen LogP contribution < -0.4 is 4.74 Å². The van der Waals surface area contributed by atoms with Crippen molar-refractivity contribution in [3.05, 3.63) is 84.4 Å². The summed E-state index contributed by atoms with van der Waals surface area (Å²) in [4.78, 5) is 10.2. The minimum atomic E-state index is 0.0399. The fourth-order valence-corrected chi connectivity index (χ4v) is 2.03. The third kappa shape index (κ3) is 4.71. The molecule has 3 nitrogen and oxygen atoms in total. The molecular formula is C20H18O3. The number of hydrogen-bond donors (Lipinski definition) is 1. The molecule has 0 amide bonds. The topological polar surface area (TPSA) is 46.5 Å². The molecule has 0 aliphatic heterocycles. The Morgan fingerprint density at radius 2 is 1.35 bits per heavy atom. The van der Waals surface area contributed by atoms with E-state index < -0.39 is 0 Å². The van der Waals surface area contributed by atoms with E-state index in [1.54, 1.807) is 0 Å². The number of aldehydes is 1. The Labute approximate surface area is 135 Å². The number of carbonyl (C=O) groups excluding carboxylic acids is 1. The number of rotatable bonds is 3. The first-order chi connectivity index (χ1) is 11.2. The number of benzene rings is 3. The maximum Gasteiger partial charge on any atom is 0.161 e. The second-order valence-electron chi connectivity index (χ2n) is 4.78. The zero-order valence-corrected chi connectivity index (χ0v) is 12.8. The van der Waals surface area contributed by atoms with Gasteiger partial charge >= 0.3 is 0 Å². The normalized spacial score (nSPS) is 9.43. The highest BCUT2D eigenvalue weighted by Crippen LogP contribution is 2.25. The summed E-state index contributed by atoms with van der Waals surface area (Å²) in [7, 11) is 1.43. The predicted octanol–water partition coefficient (Wildman–Crippen LogP) is 4.57. The summed E-state index contributed by atoms with van der Waals surface area (Å²) >= 11 is 0. The van der Waals surface area contributed by atoms with E-state index in [1.165, 1.54) is 36.4 Å². The Bertz CT molecular complexity index is 700. The zero-order chi connectivity index (χ0) is 16.5. The molecule has 0 aliphatic rings. The molecule has 116 valence electrons. The van der Waals surface area contributed by atoms with Gasteiger partial charge in [-0.3, -0.25) is 4.79 Å². The number of phenolic OH excluding ortho intramolecular Hbond substituents is 1. The lowest BCUT2D eigenvalue weighted by molar-refractivity contribution is 0.112. The van der Waals surface area contributed by atoms with Crippen LogP contribution in [0.3, 0.4) is 0 Å². The number of methoxy groups -OCH3 is 1. The van der Waals surface area contributed by atoms with Crippen molar-refractivity contribution >= 4 is 6.29 Å². The quantitative estimate of drug-likeness (QED) is 0.721. The lowest BCUT2D eigenvalue weighted by Crippen LogP contribution is -1.85. The van der Waals surface area contributed by atoms with Crippen LogP contribution in [0.5, 0.6) is 11.5 Å². The van der Waals surface area contributed by atoms with Gasteiger partial charge in [-0.1, -0.05) is 60.7 Å². The van der Waals surface area contributed by atoms with E-state index in [-0.39, 0.29) is 5.75 Å². The minimum Gasteiger partial charge on any atom is -0.504 e. The molecule has 0 bridgehead atoms. The fraction of sp³-hybridized carbons (Fsp3) is 0.0500. The summed E-state index contributed by atoms with van der Waals surface area (Å²) in [5.74, 6) is 0.354. The number of hydrogen-bond acceptors (Lipinski definition) is 3. The predicted molar refractivity (Wildman–Crippen MR) is 91.9 cm³/mol. The van der Waals surface area contributed by atoms with Crippen molar-refractivity contribution < 1.29 is 14.6 Å². The monoisotopic (exact) mass is 306 g/mol. The maximum absolute atomic E-state index is 10.2. The van der Waals surface area contributed by atoms with Crippen molar-refractivity contribution in [2.45, 2.75) is 0 Å². The molecule has 3 aromatic rings. The molecule has 0 spiro atoms. The van der Waals surface area contributed by atoms with Gasteiger partial charge in [0.25, 0.3) is 0 Å². The molecule has 23 heavy (non-hydrogen) atoms. The van der Waals surface area contributed by atoms with Gasteiger partial charge in [0.2, 0.25) is 0 Å². The van der Waals surface area contributed by atoms with E-state index in [0.717, 1.165) is 0 Å². The Morgan fingerprint density at radius 3 is 1.78 bits per heavy atom. The summed E-state index contributed by atoms with van der Waals surface area (Å²) < 4.78 is 4.78. The lowest BCUT2D eigenvalue weighted by Gasteiger charge is -2.01. The molecule has 0 radical (unpaired) electrons. The van der Waals surface area contributed by atoms with Crippen LogP contribution in [-0.2, 0) is 0 Å². The van der Waals surface area contributed by atoms with Crippen LogP contribution in [0, 0.1) is 0 Å². The van der Waals surface area contributed by atoms with E-state index >= 15 is 0 Å². The van der Waals surface area contributed by atoms with E-state index in [1.807, 2.05) is 12.1 Å². The second kappa shape index (κ2) is 8.39. The van der Waals surface area contributed by atoms with E-state index in [2.05, 4.69) is 48.5 Å². The largest absolute Gasteiger partial charge is 0.504 e. The van der Waals surface area contributed by atoms with Crippen LogP contribution in [0.15, 0.2) is 78.9 Å². The van der Waals surface area contributed by atoms with Gasteiger partial charge in [-0.15, -0.1) is 0 Å². The van der Waals surface area contributed by atoms with Crippen LogP contribution in [0.4, 0.5) is 0 Å². The Balaban J connectivity index is 0.000000168. The highest BCUT2D eigenvalue weighted by atomic mass is 16.5. The van der Waals surface area contributed by atoms with E-state index in [4.69, 9.17) is 9.84 Å². The standard InChI is InChI=1S/C12H10.C8H8O3/c1-3-7-11(8-4-1)12-9-5-2-6-10-12;1-11-8-4-6(5-9)2-3-7(8)10/h1-10H;2-5,10H,1H3. The smallest absolute Gasteiger partial charge is 0.161 e. The average Bonchev–Trinajstić information content (AvgIpc) is 2.64. The molecule has 3 rings (SSSR count). The van der Waals surface area contributed by atoms with Crippen LogP contribution in [0.25, 0.3) is 11.1 Å². The van der Waals surface area contributed by atoms with Crippen molar-refractivity contribution in [1.82, 2.24) is 0 Å². The van der Waals surface area contributed by atoms with Gasteiger partial charge in [-0.2, -0.15) is 0 Å². The van der Waals surface area contributed by atoms with Crippen LogP contribution in [-0.4, -0.2) is 18.5 Å². The molecule has 1 N–H and O–H groups in total. The van der Waals surface area contributed by atoms with Crippen molar-refractivity contribution in [3.8, 4) is 22.6 Å². The highest BCUT2D eigenvalue weighted by Gasteiger charge is 2.00. The highest BCUT2D eigenvalue weighted by molar-refractivity contribution is 5.76. The lowest BCUT2D eigenvalue weighted by atomic mass is 10.1. The van der Waals surface area contributed by atoms with Gasteiger partial charge in [0, 0.05) is 5.56 Å². The van der Waals surface area contributed by atoms with Crippen molar-refractivity contribution in [1.29, 1.82) is 0 Å². The third-order valence-electron chi connectivity index (χ3n) is 3.22. The summed E-state index contributed by atoms with van der Waals surface area (Å²) in [6.45, 7) is 0. The number of carbonyl (C=O) groups is 1. The minimum absolute atomic E-state index is 0.0399. The van der Waals surface area contributed by atoms with Crippen molar-refractivity contribution in [3.63, 3.8) is 0 Å². The van der Waals surface area contributed by atoms with Gasteiger partial charge < -0.3 is 9.84 Å². The molecule has 0 heterocycles. The van der Waals surface area contributed by atoms with Gasteiger partial charge in [-0.25, -0.2) is 0 Å². The van der Waals surface area contributed by atoms with Crippen LogP contribution >= 0.6 is 0 Å². The first kappa shape index (κ1) is 16.3. The summed E-state index contributed by atoms with van der Waals surface area (Å²) in [5.41, 5.74) is 3.04. The van der Waals surface area contributed by atoms with E-state index in [0.29, 0.717) is 17.6 Å². The number of aromatic hydroxyl groups is 1. The van der Waals surface area contributed by atoms with Gasteiger partial charge in [0.15, 0.2) is 11.5 Å². The average molecular weight is 306 g/mol. The first-order valence-corrected chi connectivity index (χ1v) is 7.17. The first-order valence-electron chi connectivity index (χ1n) is 7.17. The molecule has 0 aliphatic carbocycles. The molecule has 0 atom stereocenters. The maximum atomic E-state index is 10.2. The third-order valence-corrected chi connectivity index (χ3v) is 3.22. The summed E-state index contributed by atoms with van der Waals surface area (Å²) in [5, 5.41) is 9.09. The second-order valence-corrected chi connectivity index (χ2v) is 4.78. The summed E-state index contributed by atoms with van der Waals surface area (Å²) in [6, 6.07) is 25.2. The molecule has 0 saturated heterocycles. The Hall–Kier alpha value is -3.07. The molecule has 0 unspecified atom stereocenters.